The molecule has 7 heteroatoms. The molecule has 1 aliphatic heterocycles. The Hall–Kier alpha value is -1.02. The first-order valence-corrected chi connectivity index (χ1v) is 8.36. The van der Waals surface area contributed by atoms with Crippen LogP contribution in [0.4, 0.5) is 4.39 Å². The molecule has 0 saturated carbocycles. The van der Waals surface area contributed by atoms with Gasteiger partial charge in [0.2, 0.25) is 10.0 Å². The van der Waals surface area contributed by atoms with Crippen molar-refractivity contribution < 1.29 is 12.8 Å². The maximum Gasteiger partial charge on any atom is 0.246 e. The first-order valence-electron chi connectivity index (χ1n) is 6.92. The van der Waals surface area contributed by atoms with Crippen LogP contribution in [0.15, 0.2) is 23.1 Å². The number of hydrogen-bond donors (Lipinski definition) is 1. The van der Waals surface area contributed by atoms with E-state index in [1.807, 2.05) is 25.9 Å². The second-order valence-corrected chi connectivity index (χ2v) is 7.71. The van der Waals surface area contributed by atoms with Crippen molar-refractivity contribution in [1.82, 2.24) is 9.21 Å². The number of hydrogen-bond acceptors (Lipinski definition) is 4. The lowest BCUT2D eigenvalue weighted by Crippen LogP contribution is -2.36. The fourth-order valence-corrected chi connectivity index (χ4v) is 4.40. The molecule has 0 bridgehead atoms. The monoisotopic (exact) mass is 315 g/mol. The third-order valence-electron chi connectivity index (χ3n) is 4.05. The van der Waals surface area contributed by atoms with Crippen LogP contribution in [0, 0.1) is 11.7 Å². The van der Waals surface area contributed by atoms with Crippen LogP contribution in [0.1, 0.15) is 12.5 Å². The quantitative estimate of drug-likeness (QED) is 0.895. The fraction of sp³-hybridized carbons (Fsp3) is 0.571. The van der Waals surface area contributed by atoms with Crippen LogP contribution in [-0.4, -0.2) is 50.8 Å². The molecule has 1 saturated heterocycles. The average molecular weight is 315 g/mol. The van der Waals surface area contributed by atoms with E-state index in [2.05, 4.69) is 0 Å². The zero-order valence-electron chi connectivity index (χ0n) is 12.6. The van der Waals surface area contributed by atoms with Crippen molar-refractivity contribution in [3.05, 3.63) is 29.6 Å². The SMILES string of the molecule is CC1CN(S(=O)(=O)c2ccc(CN)cc2F)CC1N(C)C. The van der Waals surface area contributed by atoms with E-state index in [-0.39, 0.29) is 23.4 Å². The van der Waals surface area contributed by atoms with Gasteiger partial charge in [-0.25, -0.2) is 12.8 Å². The van der Waals surface area contributed by atoms with Gasteiger partial charge in [0, 0.05) is 25.7 Å². The number of rotatable bonds is 4. The number of halogens is 1. The van der Waals surface area contributed by atoms with Crippen LogP contribution < -0.4 is 5.73 Å². The summed E-state index contributed by atoms with van der Waals surface area (Å²) in [6.07, 6.45) is 0. The lowest BCUT2D eigenvalue weighted by Gasteiger charge is -2.22. The van der Waals surface area contributed by atoms with Crippen LogP contribution in [0.25, 0.3) is 0 Å². The first kappa shape index (κ1) is 16.4. The Morgan fingerprint density at radius 3 is 2.52 bits per heavy atom. The van der Waals surface area contributed by atoms with E-state index in [9.17, 15) is 12.8 Å². The molecule has 21 heavy (non-hydrogen) atoms. The highest BCUT2D eigenvalue weighted by atomic mass is 32.2. The minimum atomic E-state index is -3.80. The molecule has 0 amide bonds. The largest absolute Gasteiger partial charge is 0.326 e. The lowest BCUT2D eigenvalue weighted by molar-refractivity contribution is 0.263. The smallest absolute Gasteiger partial charge is 0.246 e. The van der Waals surface area contributed by atoms with Crippen molar-refractivity contribution >= 4 is 10.0 Å². The molecule has 0 aliphatic carbocycles. The summed E-state index contributed by atoms with van der Waals surface area (Å²) in [5, 5.41) is 0. The highest BCUT2D eigenvalue weighted by molar-refractivity contribution is 7.89. The van der Waals surface area contributed by atoms with Crippen molar-refractivity contribution in [2.24, 2.45) is 11.7 Å². The molecular formula is C14H22FN3O2S. The van der Waals surface area contributed by atoms with E-state index in [1.54, 1.807) is 6.07 Å². The molecule has 1 aromatic rings. The predicted octanol–water partition coefficient (Wildman–Crippen LogP) is 0.855. The molecule has 118 valence electrons. The Kier molecular flexibility index (Phi) is 4.67. The van der Waals surface area contributed by atoms with Gasteiger partial charge in [-0.1, -0.05) is 13.0 Å². The molecule has 0 spiro atoms. The summed E-state index contributed by atoms with van der Waals surface area (Å²) in [5.74, 6) is -0.528. The molecule has 2 atom stereocenters. The number of likely N-dealkylation sites (N-methyl/N-ethyl adjacent to an activating group) is 1. The van der Waals surface area contributed by atoms with Gasteiger partial charge in [0.1, 0.15) is 10.7 Å². The van der Waals surface area contributed by atoms with Crippen molar-refractivity contribution in [1.29, 1.82) is 0 Å². The van der Waals surface area contributed by atoms with E-state index >= 15 is 0 Å². The first-order chi connectivity index (χ1) is 9.77. The van der Waals surface area contributed by atoms with Crippen LogP contribution in [0.3, 0.4) is 0 Å². The summed E-state index contributed by atoms with van der Waals surface area (Å²) >= 11 is 0. The summed E-state index contributed by atoms with van der Waals surface area (Å²) < 4.78 is 40.6. The van der Waals surface area contributed by atoms with Gasteiger partial charge < -0.3 is 10.6 Å². The van der Waals surface area contributed by atoms with Gasteiger partial charge in [0.05, 0.1) is 0 Å². The Morgan fingerprint density at radius 2 is 2.05 bits per heavy atom. The molecule has 1 heterocycles. The molecule has 2 rings (SSSR count). The summed E-state index contributed by atoms with van der Waals surface area (Å²) in [5.41, 5.74) is 6.01. The molecule has 0 radical (unpaired) electrons. The molecule has 1 fully saturated rings. The maximum absolute atomic E-state index is 14.1. The summed E-state index contributed by atoms with van der Waals surface area (Å²) in [4.78, 5) is 1.74. The van der Waals surface area contributed by atoms with Gasteiger partial charge in [-0.3, -0.25) is 0 Å². The number of sulfonamides is 1. The van der Waals surface area contributed by atoms with Gasteiger partial charge in [-0.15, -0.1) is 0 Å². The minimum Gasteiger partial charge on any atom is -0.326 e. The van der Waals surface area contributed by atoms with E-state index in [0.717, 1.165) is 0 Å². The van der Waals surface area contributed by atoms with E-state index in [4.69, 9.17) is 5.73 Å². The molecule has 2 N–H and O–H groups in total. The molecule has 5 nitrogen and oxygen atoms in total. The van der Waals surface area contributed by atoms with Crippen molar-refractivity contribution in [2.45, 2.75) is 24.4 Å². The molecule has 2 unspecified atom stereocenters. The van der Waals surface area contributed by atoms with Crippen LogP contribution >= 0.6 is 0 Å². The molecule has 1 aromatic carbocycles. The molecule has 0 aromatic heterocycles. The molecule has 1 aliphatic rings. The minimum absolute atomic E-state index is 0.145. The second kappa shape index (κ2) is 6.00. The summed E-state index contributed by atoms with van der Waals surface area (Å²) in [7, 11) is 0.0462. The van der Waals surface area contributed by atoms with Crippen molar-refractivity contribution in [3.63, 3.8) is 0 Å². The standard InChI is InChI=1S/C14H22FN3O2S/c1-10-8-18(9-13(10)17(2)3)21(19,20)14-5-4-11(7-16)6-12(14)15/h4-6,10,13H,7-9,16H2,1-3H3. The topological polar surface area (TPSA) is 66.6 Å². The van der Waals surface area contributed by atoms with Gasteiger partial charge in [0.25, 0.3) is 0 Å². The average Bonchev–Trinajstić information content (AvgIpc) is 2.81. The number of nitrogens with zero attached hydrogens (tertiary/aromatic N) is 2. The molecular weight excluding hydrogens is 293 g/mol. The zero-order chi connectivity index (χ0) is 15.8. The van der Waals surface area contributed by atoms with Gasteiger partial charge >= 0.3 is 0 Å². The normalized spacial score (nSPS) is 23.9. The van der Waals surface area contributed by atoms with Gasteiger partial charge in [0.15, 0.2) is 0 Å². The van der Waals surface area contributed by atoms with E-state index in [1.165, 1.54) is 16.4 Å². The van der Waals surface area contributed by atoms with E-state index < -0.39 is 15.8 Å². The lowest BCUT2D eigenvalue weighted by atomic mass is 10.1. The summed E-state index contributed by atoms with van der Waals surface area (Å²) in [6, 6.07) is 4.20. The zero-order valence-corrected chi connectivity index (χ0v) is 13.4. The van der Waals surface area contributed by atoms with Gasteiger partial charge in [-0.2, -0.15) is 4.31 Å². The van der Waals surface area contributed by atoms with Crippen LogP contribution in [-0.2, 0) is 16.6 Å². The Morgan fingerprint density at radius 1 is 1.38 bits per heavy atom. The van der Waals surface area contributed by atoms with Crippen LogP contribution in [0.5, 0.6) is 0 Å². The highest BCUT2D eigenvalue weighted by Crippen LogP contribution is 2.28. The van der Waals surface area contributed by atoms with Crippen molar-refractivity contribution in [2.75, 3.05) is 27.2 Å². The van der Waals surface area contributed by atoms with Crippen molar-refractivity contribution in [3.8, 4) is 0 Å². The highest BCUT2D eigenvalue weighted by Gasteiger charge is 2.39. The Labute approximate surface area is 125 Å². The van der Waals surface area contributed by atoms with Crippen LogP contribution in [0.2, 0.25) is 0 Å². The number of benzene rings is 1. The maximum atomic E-state index is 14.1. The fourth-order valence-electron chi connectivity index (χ4n) is 2.79. The number of nitrogens with two attached hydrogens (primary N) is 1. The Bertz CT molecular complexity index is 619. The predicted molar refractivity (Wildman–Crippen MR) is 79.7 cm³/mol. The summed E-state index contributed by atoms with van der Waals surface area (Å²) in [6.45, 7) is 2.98. The Balaban J connectivity index is 2.31. The second-order valence-electron chi connectivity index (χ2n) is 5.80. The third kappa shape index (κ3) is 3.11. The van der Waals surface area contributed by atoms with Gasteiger partial charge in [-0.05, 0) is 37.7 Å². The van der Waals surface area contributed by atoms with E-state index in [0.29, 0.717) is 18.7 Å². The third-order valence-corrected chi connectivity index (χ3v) is 5.92.